The Balaban J connectivity index is 2.49. The first-order valence-electron chi connectivity index (χ1n) is 5.42. The highest BCUT2D eigenvalue weighted by Crippen LogP contribution is 2.20. The van der Waals surface area contributed by atoms with Crippen molar-refractivity contribution in [3.05, 3.63) is 16.6 Å². The van der Waals surface area contributed by atoms with Gasteiger partial charge in [0.05, 0.1) is 6.04 Å². The van der Waals surface area contributed by atoms with Gasteiger partial charge in [0.15, 0.2) is 0 Å². The molecule has 1 aromatic heterocycles. The molecule has 3 N–H and O–H groups in total. The van der Waals surface area contributed by atoms with Gasteiger partial charge in [-0.3, -0.25) is 0 Å². The largest absolute Gasteiger partial charge is 0.330 e. The van der Waals surface area contributed by atoms with Crippen LogP contribution in [-0.4, -0.2) is 18.1 Å². The minimum Gasteiger partial charge on any atom is -0.330 e. The van der Waals surface area contributed by atoms with Gasteiger partial charge in [0, 0.05) is 18.1 Å². The predicted octanol–water partition coefficient (Wildman–Crippen LogP) is 2.17. The molecule has 0 fully saturated rings. The Morgan fingerprint density at radius 2 is 2.33 bits per heavy atom. The lowest BCUT2D eigenvalue weighted by Crippen LogP contribution is -2.37. The monoisotopic (exact) mass is 227 g/mol. The van der Waals surface area contributed by atoms with E-state index in [2.05, 4.69) is 31.1 Å². The SMILES string of the molecule is CCC(NCC(C)(C)CN)c1nccs1. The Morgan fingerprint density at radius 1 is 1.60 bits per heavy atom. The van der Waals surface area contributed by atoms with Crippen LogP contribution in [0.25, 0.3) is 0 Å². The fourth-order valence-electron chi connectivity index (χ4n) is 1.28. The van der Waals surface area contributed by atoms with E-state index in [-0.39, 0.29) is 5.41 Å². The molecule has 86 valence electrons. The van der Waals surface area contributed by atoms with Crippen LogP contribution < -0.4 is 11.1 Å². The maximum Gasteiger partial charge on any atom is 0.109 e. The zero-order chi connectivity index (χ0) is 11.3. The summed E-state index contributed by atoms with van der Waals surface area (Å²) in [6.07, 6.45) is 2.92. The van der Waals surface area contributed by atoms with Crippen LogP contribution in [0.4, 0.5) is 0 Å². The van der Waals surface area contributed by atoms with Crippen molar-refractivity contribution in [1.29, 1.82) is 0 Å². The molecule has 1 unspecified atom stereocenters. The highest BCUT2D eigenvalue weighted by atomic mass is 32.1. The van der Waals surface area contributed by atoms with Crippen LogP contribution in [-0.2, 0) is 0 Å². The summed E-state index contributed by atoms with van der Waals surface area (Å²) in [5, 5.41) is 6.72. The predicted molar refractivity (Wildman–Crippen MR) is 66.0 cm³/mol. The quantitative estimate of drug-likeness (QED) is 0.783. The summed E-state index contributed by atoms with van der Waals surface area (Å²) >= 11 is 1.71. The second-order valence-electron chi connectivity index (χ2n) is 4.58. The zero-order valence-electron chi connectivity index (χ0n) is 9.79. The van der Waals surface area contributed by atoms with E-state index in [0.717, 1.165) is 13.0 Å². The number of thiazole rings is 1. The molecule has 0 saturated carbocycles. The minimum absolute atomic E-state index is 0.157. The molecule has 0 bridgehead atoms. The van der Waals surface area contributed by atoms with Gasteiger partial charge in [0.25, 0.3) is 0 Å². The first-order valence-corrected chi connectivity index (χ1v) is 6.30. The molecule has 0 spiro atoms. The summed E-state index contributed by atoms with van der Waals surface area (Å²) in [6, 6.07) is 0.371. The van der Waals surface area contributed by atoms with Crippen molar-refractivity contribution in [2.24, 2.45) is 11.1 Å². The van der Waals surface area contributed by atoms with Crippen LogP contribution in [0, 0.1) is 5.41 Å². The molecule has 4 heteroatoms. The van der Waals surface area contributed by atoms with E-state index in [1.54, 1.807) is 11.3 Å². The van der Waals surface area contributed by atoms with Crippen LogP contribution in [0.5, 0.6) is 0 Å². The molecule has 0 saturated heterocycles. The van der Waals surface area contributed by atoms with Crippen LogP contribution in [0.3, 0.4) is 0 Å². The molecule has 0 amide bonds. The van der Waals surface area contributed by atoms with Gasteiger partial charge < -0.3 is 11.1 Å². The van der Waals surface area contributed by atoms with Crippen LogP contribution in [0.2, 0.25) is 0 Å². The molecule has 1 rings (SSSR count). The molecular weight excluding hydrogens is 206 g/mol. The summed E-state index contributed by atoms with van der Waals surface area (Å²) in [5.41, 5.74) is 5.86. The smallest absolute Gasteiger partial charge is 0.109 e. The van der Waals surface area contributed by atoms with Gasteiger partial charge in [-0.05, 0) is 18.4 Å². The third-order valence-electron chi connectivity index (χ3n) is 2.54. The van der Waals surface area contributed by atoms with E-state index in [1.807, 2.05) is 11.6 Å². The molecule has 0 aliphatic carbocycles. The maximum absolute atomic E-state index is 5.70. The van der Waals surface area contributed by atoms with Crippen molar-refractivity contribution in [3.63, 3.8) is 0 Å². The highest BCUT2D eigenvalue weighted by Gasteiger charge is 2.18. The number of nitrogens with two attached hydrogens (primary N) is 1. The van der Waals surface area contributed by atoms with E-state index in [4.69, 9.17) is 5.73 Å². The molecule has 1 heterocycles. The van der Waals surface area contributed by atoms with Gasteiger partial charge in [0.2, 0.25) is 0 Å². The minimum atomic E-state index is 0.157. The van der Waals surface area contributed by atoms with Crippen LogP contribution in [0.1, 0.15) is 38.2 Å². The lowest BCUT2D eigenvalue weighted by molar-refractivity contribution is 0.327. The number of nitrogens with one attached hydrogen (secondary N) is 1. The number of hydrogen-bond donors (Lipinski definition) is 2. The first kappa shape index (κ1) is 12.6. The molecule has 0 radical (unpaired) electrons. The van der Waals surface area contributed by atoms with Crippen LogP contribution in [0.15, 0.2) is 11.6 Å². The molecule has 3 nitrogen and oxygen atoms in total. The van der Waals surface area contributed by atoms with Gasteiger partial charge in [-0.25, -0.2) is 4.98 Å². The molecule has 1 atom stereocenters. The molecule has 0 aliphatic heterocycles. The molecule has 1 aromatic rings. The summed E-state index contributed by atoms with van der Waals surface area (Å²) in [5.74, 6) is 0. The lowest BCUT2D eigenvalue weighted by atomic mass is 9.93. The molecule has 0 aliphatic rings. The van der Waals surface area contributed by atoms with Crippen molar-refractivity contribution in [1.82, 2.24) is 10.3 Å². The van der Waals surface area contributed by atoms with Gasteiger partial charge >= 0.3 is 0 Å². The summed E-state index contributed by atoms with van der Waals surface area (Å²) in [7, 11) is 0. The second-order valence-corrected chi connectivity index (χ2v) is 5.51. The van der Waals surface area contributed by atoms with E-state index < -0.39 is 0 Å². The molecular formula is C11H21N3S. The van der Waals surface area contributed by atoms with Crippen LogP contribution >= 0.6 is 11.3 Å². The number of nitrogens with zero attached hydrogens (tertiary/aromatic N) is 1. The zero-order valence-corrected chi connectivity index (χ0v) is 10.6. The van der Waals surface area contributed by atoms with E-state index >= 15 is 0 Å². The topological polar surface area (TPSA) is 50.9 Å². The third kappa shape index (κ3) is 3.89. The summed E-state index contributed by atoms with van der Waals surface area (Å²) < 4.78 is 0. The number of aromatic nitrogens is 1. The van der Waals surface area contributed by atoms with E-state index in [0.29, 0.717) is 12.6 Å². The Bertz CT molecular complexity index is 269. The van der Waals surface area contributed by atoms with Gasteiger partial charge in [-0.15, -0.1) is 11.3 Å². The van der Waals surface area contributed by atoms with Crippen molar-refractivity contribution >= 4 is 11.3 Å². The highest BCUT2D eigenvalue weighted by molar-refractivity contribution is 7.09. The Kier molecular flexibility index (Phi) is 4.70. The fourth-order valence-corrected chi connectivity index (χ4v) is 2.08. The van der Waals surface area contributed by atoms with Crippen molar-refractivity contribution in [2.75, 3.05) is 13.1 Å². The normalized spacial score (nSPS) is 14.1. The van der Waals surface area contributed by atoms with Crippen molar-refractivity contribution in [2.45, 2.75) is 33.2 Å². The summed E-state index contributed by atoms with van der Waals surface area (Å²) in [6.45, 7) is 8.16. The lowest BCUT2D eigenvalue weighted by Gasteiger charge is -2.25. The Labute approximate surface area is 96.1 Å². The van der Waals surface area contributed by atoms with E-state index in [9.17, 15) is 0 Å². The molecule has 15 heavy (non-hydrogen) atoms. The first-order chi connectivity index (χ1) is 7.09. The molecule has 0 aromatic carbocycles. The standard InChI is InChI=1S/C11H21N3S/c1-4-9(10-13-5-6-15-10)14-8-11(2,3)7-12/h5-6,9,14H,4,7-8,12H2,1-3H3. The number of hydrogen-bond acceptors (Lipinski definition) is 4. The second kappa shape index (κ2) is 5.58. The number of rotatable bonds is 6. The fraction of sp³-hybridized carbons (Fsp3) is 0.727. The third-order valence-corrected chi connectivity index (χ3v) is 3.43. The summed E-state index contributed by atoms with van der Waals surface area (Å²) in [4.78, 5) is 4.34. The van der Waals surface area contributed by atoms with Gasteiger partial charge in [-0.1, -0.05) is 20.8 Å². The van der Waals surface area contributed by atoms with Gasteiger partial charge in [-0.2, -0.15) is 0 Å². The average Bonchev–Trinajstić information content (AvgIpc) is 2.72. The van der Waals surface area contributed by atoms with E-state index in [1.165, 1.54) is 5.01 Å². The van der Waals surface area contributed by atoms with Gasteiger partial charge in [0.1, 0.15) is 5.01 Å². The Morgan fingerprint density at radius 3 is 2.80 bits per heavy atom. The van der Waals surface area contributed by atoms with Crippen molar-refractivity contribution in [3.8, 4) is 0 Å². The Hall–Kier alpha value is -0.450. The maximum atomic E-state index is 5.70. The van der Waals surface area contributed by atoms with Crippen molar-refractivity contribution < 1.29 is 0 Å². The average molecular weight is 227 g/mol.